The van der Waals surface area contributed by atoms with Crippen molar-refractivity contribution in [1.82, 2.24) is 14.6 Å². The molecule has 5 heteroatoms. The molecule has 4 nitrogen and oxygen atoms in total. The van der Waals surface area contributed by atoms with Crippen LogP contribution in [0.2, 0.25) is 0 Å². The predicted octanol–water partition coefficient (Wildman–Crippen LogP) is 1.43. The minimum atomic E-state index is -0.0545. The number of hydrogen-bond acceptors (Lipinski definition) is 4. The molecule has 0 bridgehead atoms. The number of aromatic hydroxyl groups is 1. The summed E-state index contributed by atoms with van der Waals surface area (Å²) in [5.41, 5.74) is 1.31. The van der Waals surface area contributed by atoms with Crippen molar-refractivity contribution in [3.8, 4) is 5.88 Å². The minimum Gasteiger partial charge on any atom is -0.493 e. The lowest BCUT2D eigenvalue weighted by Crippen LogP contribution is -1.96. The highest BCUT2D eigenvalue weighted by atomic mass is 32.1. The van der Waals surface area contributed by atoms with Crippen molar-refractivity contribution in [2.24, 2.45) is 0 Å². The molecule has 2 heterocycles. The molecular formula is C8H9N3OS. The third-order valence-electron chi connectivity index (χ3n) is 1.84. The van der Waals surface area contributed by atoms with Crippen molar-refractivity contribution in [3.05, 3.63) is 24.0 Å². The number of fused-ring (bicyclic) bond motifs is 1. The summed E-state index contributed by atoms with van der Waals surface area (Å²) in [7, 11) is 0. The third-order valence-corrected chi connectivity index (χ3v) is 2.12. The van der Waals surface area contributed by atoms with Gasteiger partial charge in [-0.05, 0) is 6.92 Å². The topological polar surface area (TPSA) is 50.4 Å². The summed E-state index contributed by atoms with van der Waals surface area (Å²) in [5, 5.41) is 13.5. The molecule has 0 aliphatic heterocycles. The van der Waals surface area contributed by atoms with Gasteiger partial charge in [0.15, 0.2) is 5.65 Å². The predicted molar refractivity (Wildman–Crippen MR) is 52.1 cm³/mol. The summed E-state index contributed by atoms with van der Waals surface area (Å²) >= 11 is 4.22. The average Bonchev–Trinajstić information content (AvgIpc) is 2.48. The molecule has 0 amide bonds. The second-order valence-corrected chi connectivity index (χ2v) is 3.60. The average molecular weight is 195 g/mol. The molecule has 0 aliphatic rings. The summed E-state index contributed by atoms with van der Waals surface area (Å²) in [6.45, 7) is 1.87. The number of rotatable bonds is 1. The zero-order chi connectivity index (χ0) is 9.42. The van der Waals surface area contributed by atoms with Crippen LogP contribution in [0.3, 0.4) is 0 Å². The SMILES string of the molecule is CC(S)c1cn2nccc2nc1O. The van der Waals surface area contributed by atoms with Crippen molar-refractivity contribution in [2.75, 3.05) is 0 Å². The maximum absolute atomic E-state index is 9.50. The van der Waals surface area contributed by atoms with Crippen LogP contribution in [0.25, 0.3) is 5.65 Å². The maximum Gasteiger partial charge on any atom is 0.218 e. The third kappa shape index (κ3) is 1.35. The Morgan fingerprint density at radius 2 is 2.38 bits per heavy atom. The van der Waals surface area contributed by atoms with E-state index in [0.29, 0.717) is 11.2 Å². The van der Waals surface area contributed by atoms with Crippen LogP contribution < -0.4 is 0 Å². The second kappa shape index (κ2) is 2.92. The van der Waals surface area contributed by atoms with E-state index < -0.39 is 0 Å². The monoisotopic (exact) mass is 195 g/mol. The van der Waals surface area contributed by atoms with Gasteiger partial charge < -0.3 is 5.11 Å². The van der Waals surface area contributed by atoms with Crippen molar-refractivity contribution >= 4 is 18.3 Å². The molecule has 0 aromatic carbocycles. The van der Waals surface area contributed by atoms with Crippen LogP contribution in [0.5, 0.6) is 5.88 Å². The Morgan fingerprint density at radius 3 is 3.08 bits per heavy atom. The van der Waals surface area contributed by atoms with E-state index in [4.69, 9.17) is 0 Å². The zero-order valence-electron chi connectivity index (χ0n) is 7.05. The molecule has 1 atom stereocenters. The van der Waals surface area contributed by atoms with Crippen LogP contribution in [-0.4, -0.2) is 19.7 Å². The first-order valence-corrected chi connectivity index (χ1v) is 4.41. The standard InChI is InChI=1S/C8H9N3OS/c1-5(13)6-4-11-7(2-3-9-11)10-8(6)12/h2-5,13H,1H3,(H,10,12). The van der Waals surface area contributed by atoms with Gasteiger partial charge in [0.25, 0.3) is 0 Å². The molecule has 2 rings (SSSR count). The molecule has 1 N–H and O–H groups in total. The Balaban J connectivity index is 2.69. The van der Waals surface area contributed by atoms with E-state index in [0.717, 1.165) is 0 Å². The van der Waals surface area contributed by atoms with Crippen LogP contribution in [0.15, 0.2) is 18.5 Å². The van der Waals surface area contributed by atoms with Crippen molar-refractivity contribution < 1.29 is 5.11 Å². The molecule has 0 radical (unpaired) electrons. The molecule has 2 aromatic heterocycles. The highest BCUT2D eigenvalue weighted by Gasteiger charge is 2.09. The molecule has 0 saturated carbocycles. The minimum absolute atomic E-state index is 0.0236. The van der Waals surface area contributed by atoms with Gasteiger partial charge in [0.2, 0.25) is 5.88 Å². The van der Waals surface area contributed by atoms with E-state index in [2.05, 4.69) is 22.7 Å². The summed E-state index contributed by atoms with van der Waals surface area (Å²) in [6, 6.07) is 1.73. The van der Waals surface area contributed by atoms with Crippen molar-refractivity contribution in [1.29, 1.82) is 0 Å². The van der Waals surface area contributed by atoms with Gasteiger partial charge in [0.05, 0.1) is 6.20 Å². The molecule has 68 valence electrons. The van der Waals surface area contributed by atoms with E-state index in [9.17, 15) is 5.11 Å². The molecule has 0 fully saturated rings. The lowest BCUT2D eigenvalue weighted by Gasteiger charge is -2.06. The largest absolute Gasteiger partial charge is 0.493 e. The zero-order valence-corrected chi connectivity index (χ0v) is 7.94. The van der Waals surface area contributed by atoms with E-state index in [1.807, 2.05) is 6.92 Å². The lowest BCUT2D eigenvalue weighted by atomic mass is 10.2. The normalized spacial score (nSPS) is 13.4. The fourth-order valence-corrected chi connectivity index (χ4v) is 1.33. The van der Waals surface area contributed by atoms with Crippen LogP contribution in [0, 0.1) is 0 Å². The fourth-order valence-electron chi connectivity index (χ4n) is 1.15. The van der Waals surface area contributed by atoms with Crippen molar-refractivity contribution in [2.45, 2.75) is 12.2 Å². The summed E-state index contributed by atoms with van der Waals surface area (Å²) in [4.78, 5) is 3.96. The van der Waals surface area contributed by atoms with Crippen LogP contribution in [-0.2, 0) is 0 Å². The van der Waals surface area contributed by atoms with Crippen molar-refractivity contribution in [3.63, 3.8) is 0 Å². The first-order valence-electron chi connectivity index (χ1n) is 3.90. The van der Waals surface area contributed by atoms with Gasteiger partial charge in [-0.3, -0.25) is 0 Å². The molecule has 0 aliphatic carbocycles. The summed E-state index contributed by atoms with van der Waals surface area (Å²) in [5.74, 6) is 0.0236. The number of hydrogen-bond donors (Lipinski definition) is 2. The number of thiol groups is 1. The van der Waals surface area contributed by atoms with Gasteiger partial charge >= 0.3 is 0 Å². The number of aromatic nitrogens is 3. The van der Waals surface area contributed by atoms with Gasteiger partial charge in [-0.2, -0.15) is 22.7 Å². The van der Waals surface area contributed by atoms with Gasteiger partial charge in [-0.25, -0.2) is 4.52 Å². The van der Waals surface area contributed by atoms with Gasteiger partial charge in [0.1, 0.15) is 0 Å². The first kappa shape index (κ1) is 8.37. The van der Waals surface area contributed by atoms with Crippen LogP contribution >= 0.6 is 12.6 Å². The highest BCUT2D eigenvalue weighted by molar-refractivity contribution is 7.80. The first-order chi connectivity index (χ1) is 6.18. The second-order valence-electron chi connectivity index (χ2n) is 2.83. The van der Waals surface area contributed by atoms with Crippen LogP contribution in [0.1, 0.15) is 17.7 Å². The molecule has 0 saturated heterocycles. The Bertz CT molecular complexity index is 438. The fraction of sp³-hybridized carbons (Fsp3) is 0.250. The number of nitrogens with zero attached hydrogens (tertiary/aromatic N) is 3. The van der Waals surface area contributed by atoms with E-state index in [-0.39, 0.29) is 11.1 Å². The smallest absolute Gasteiger partial charge is 0.218 e. The molecule has 2 aromatic rings. The van der Waals surface area contributed by atoms with E-state index in [1.54, 1.807) is 23.0 Å². The highest BCUT2D eigenvalue weighted by Crippen LogP contribution is 2.26. The Hall–Kier alpha value is -1.23. The van der Waals surface area contributed by atoms with Gasteiger partial charge in [0, 0.05) is 23.1 Å². The quantitative estimate of drug-likeness (QED) is 0.677. The van der Waals surface area contributed by atoms with E-state index >= 15 is 0 Å². The molecule has 0 spiro atoms. The van der Waals surface area contributed by atoms with Gasteiger partial charge in [-0.15, -0.1) is 0 Å². The summed E-state index contributed by atoms with van der Waals surface area (Å²) in [6.07, 6.45) is 3.37. The molecular weight excluding hydrogens is 186 g/mol. The molecule has 1 unspecified atom stereocenters. The lowest BCUT2D eigenvalue weighted by molar-refractivity contribution is 0.446. The summed E-state index contributed by atoms with van der Waals surface area (Å²) < 4.78 is 1.61. The maximum atomic E-state index is 9.50. The Labute approximate surface area is 80.6 Å². The van der Waals surface area contributed by atoms with Gasteiger partial charge in [-0.1, -0.05) is 0 Å². The van der Waals surface area contributed by atoms with Crippen LogP contribution in [0.4, 0.5) is 0 Å². The van der Waals surface area contributed by atoms with E-state index in [1.165, 1.54) is 0 Å². The molecule has 13 heavy (non-hydrogen) atoms. The Kier molecular flexibility index (Phi) is 1.88. The Morgan fingerprint density at radius 1 is 1.62 bits per heavy atom.